The highest BCUT2D eigenvalue weighted by atomic mass is 35.5. The summed E-state index contributed by atoms with van der Waals surface area (Å²) in [6.45, 7) is 4.09. The zero-order valence-corrected chi connectivity index (χ0v) is 15.2. The minimum absolute atomic E-state index is 0. The molecule has 1 fully saturated rings. The molecule has 0 bridgehead atoms. The van der Waals surface area contributed by atoms with Crippen LogP contribution >= 0.6 is 24.8 Å². The highest BCUT2D eigenvalue weighted by molar-refractivity contribution is 5.99. The fraction of sp³-hybridized carbons (Fsp3) is 0.294. The van der Waals surface area contributed by atoms with Gasteiger partial charge in [0.15, 0.2) is 0 Å². The molecule has 1 amide bonds. The van der Waals surface area contributed by atoms with Gasteiger partial charge in [-0.15, -0.1) is 24.8 Å². The van der Waals surface area contributed by atoms with E-state index in [2.05, 4.69) is 17.2 Å². The van der Waals surface area contributed by atoms with Gasteiger partial charge in [0.1, 0.15) is 5.75 Å². The number of carbonyl (C=O) groups excluding carboxylic acids is 1. The number of nitrogens with zero attached hydrogens (tertiary/aromatic N) is 1. The maximum Gasteiger partial charge on any atom is 0.244 e. The van der Waals surface area contributed by atoms with Crippen LogP contribution in [-0.4, -0.2) is 16.4 Å². The Balaban J connectivity index is 0.00000144. The molecule has 1 aromatic heterocycles. The molecule has 1 saturated carbocycles. The first kappa shape index (κ1) is 20.2. The van der Waals surface area contributed by atoms with E-state index < -0.39 is 5.54 Å². The number of hydrogen-bond acceptors (Lipinski definition) is 4. The van der Waals surface area contributed by atoms with Gasteiger partial charge in [-0.1, -0.05) is 6.07 Å². The van der Waals surface area contributed by atoms with Crippen LogP contribution in [0.25, 0.3) is 0 Å². The van der Waals surface area contributed by atoms with Crippen molar-refractivity contribution in [2.45, 2.75) is 32.2 Å². The second-order valence-electron chi connectivity index (χ2n) is 5.84. The Morgan fingerprint density at radius 3 is 2.42 bits per heavy atom. The first-order valence-corrected chi connectivity index (χ1v) is 7.28. The number of aromatic nitrogens is 1. The third-order valence-corrected chi connectivity index (χ3v) is 3.94. The molecule has 0 atom stereocenters. The summed E-state index contributed by atoms with van der Waals surface area (Å²) in [5.74, 6) is 1.07. The number of nitrogens with one attached hydrogen (secondary N) is 1. The van der Waals surface area contributed by atoms with Crippen molar-refractivity contribution >= 4 is 36.4 Å². The monoisotopic (exact) mass is 369 g/mol. The SMILES string of the molecule is Cc1ccc(Oc2ccc(NC(=O)C3(N)CC3)cn2)cc1C.Cl.Cl. The highest BCUT2D eigenvalue weighted by Gasteiger charge is 2.45. The number of aryl methyl sites for hydroxylation is 2. The van der Waals surface area contributed by atoms with Crippen LogP contribution in [0.5, 0.6) is 11.6 Å². The van der Waals surface area contributed by atoms with E-state index in [-0.39, 0.29) is 30.7 Å². The minimum Gasteiger partial charge on any atom is -0.439 e. The Morgan fingerprint density at radius 1 is 1.17 bits per heavy atom. The first-order valence-electron chi connectivity index (χ1n) is 7.28. The number of pyridine rings is 1. The van der Waals surface area contributed by atoms with Gasteiger partial charge >= 0.3 is 0 Å². The summed E-state index contributed by atoms with van der Waals surface area (Å²) in [5, 5.41) is 2.77. The van der Waals surface area contributed by atoms with E-state index in [1.165, 1.54) is 11.1 Å². The van der Waals surface area contributed by atoms with E-state index in [1.807, 2.05) is 25.1 Å². The van der Waals surface area contributed by atoms with Gasteiger partial charge in [-0.05, 0) is 56.0 Å². The molecule has 5 nitrogen and oxygen atoms in total. The van der Waals surface area contributed by atoms with E-state index in [9.17, 15) is 4.79 Å². The van der Waals surface area contributed by atoms with E-state index in [4.69, 9.17) is 10.5 Å². The van der Waals surface area contributed by atoms with E-state index in [0.717, 1.165) is 18.6 Å². The zero-order chi connectivity index (χ0) is 15.7. The lowest BCUT2D eigenvalue weighted by molar-refractivity contribution is -0.118. The first-order chi connectivity index (χ1) is 10.5. The number of rotatable bonds is 4. The fourth-order valence-electron chi connectivity index (χ4n) is 2.03. The molecular weight excluding hydrogens is 349 g/mol. The second kappa shape index (κ2) is 7.83. The van der Waals surface area contributed by atoms with Crippen LogP contribution in [0.3, 0.4) is 0 Å². The van der Waals surface area contributed by atoms with Crippen LogP contribution in [0.1, 0.15) is 24.0 Å². The molecule has 0 unspecified atom stereocenters. The third-order valence-electron chi connectivity index (χ3n) is 3.94. The van der Waals surface area contributed by atoms with Crippen molar-refractivity contribution in [1.82, 2.24) is 4.98 Å². The molecule has 2 aromatic rings. The number of nitrogens with two attached hydrogens (primary N) is 1. The maximum absolute atomic E-state index is 11.8. The molecular formula is C17H21Cl2N3O2. The molecule has 0 spiro atoms. The summed E-state index contributed by atoms with van der Waals surface area (Å²) in [6, 6.07) is 9.37. The average Bonchev–Trinajstić information content (AvgIpc) is 3.24. The normalized spacial score (nSPS) is 14.0. The summed E-state index contributed by atoms with van der Waals surface area (Å²) in [7, 11) is 0. The molecule has 3 N–H and O–H groups in total. The molecule has 24 heavy (non-hydrogen) atoms. The Bertz CT molecular complexity index is 716. The summed E-state index contributed by atoms with van der Waals surface area (Å²) in [4.78, 5) is 16.1. The molecule has 1 heterocycles. The predicted molar refractivity (Wildman–Crippen MR) is 99.5 cm³/mol. The summed E-state index contributed by atoms with van der Waals surface area (Å²) in [5.41, 5.74) is 8.16. The molecule has 0 aliphatic heterocycles. The molecule has 1 aliphatic carbocycles. The van der Waals surface area contributed by atoms with Gasteiger partial charge in [0, 0.05) is 6.07 Å². The van der Waals surface area contributed by atoms with Crippen molar-refractivity contribution in [2.75, 3.05) is 5.32 Å². The molecule has 3 rings (SSSR count). The van der Waals surface area contributed by atoms with Crippen molar-refractivity contribution in [3.63, 3.8) is 0 Å². The largest absolute Gasteiger partial charge is 0.439 e. The topological polar surface area (TPSA) is 77.2 Å². The molecule has 0 saturated heterocycles. The van der Waals surface area contributed by atoms with Gasteiger partial charge in [0.25, 0.3) is 0 Å². The fourth-order valence-corrected chi connectivity index (χ4v) is 2.03. The summed E-state index contributed by atoms with van der Waals surface area (Å²) in [6.07, 6.45) is 3.04. The average molecular weight is 370 g/mol. The zero-order valence-electron chi connectivity index (χ0n) is 13.5. The van der Waals surface area contributed by atoms with Gasteiger partial charge in [-0.25, -0.2) is 4.98 Å². The summed E-state index contributed by atoms with van der Waals surface area (Å²) < 4.78 is 5.71. The molecule has 130 valence electrons. The number of amides is 1. The number of hydrogen-bond donors (Lipinski definition) is 2. The van der Waals surface area contributed by atoms with Gasteiger partial charge in [-0.2, -0.15) is 0 Å². The molecule has 1 aliphatic rings. The lowest BCUT2D eigenvalue weighted by atomic mass is 10.1. The van der Waals surface area contributed by atoms with E-state index in [1.54, 1.807) is 18.3 Å². The third kappa shape index (κ3) is 4.60. The number of halogens is 2. The highest BCUT2D eigenvalue weighted by Crippen LogP contribution is 2.33. The Hall–Kier alpha value is -1.82. The van der Waals surface area contributed by atoms with Crippen LogP contribution < -0.4 is 15.8 Å². The van der Waals surface area contributed by atoms with Gasteiger partial charge < -0.3 is 15.8 Å². The standard InChI is InChI=1S/C17H19N3O2.2ClH/c1-11-3-5-14(9-12(11)2)22-15-6-4-13(10-19-15)20-16(21)17(18)7-8-17;;/h3-6,9-10H,7-8,18H2,1-2H3,(H,20,21);2*1H. The van der Waals surface area contributed by atoms with Crippen molar-refractivity contribution in [2.24, 2.45) is 5.73 Å². The van der Waals surface area contributed by atoms with Crippen molar-refractivity contribution in [1.29, 1.82) is 0 Å². The van der Waals surface area contributed by atoms with Crippen LogP contribution in [-0.2, 0) is 4.79 Å². The van der Waals surface area contributed by atoms with E-state index >= 15 is 0 Å². The number of anilines is 1. The lowest BCUT2D eigenvalue weighted by Gasteiger charge is -2.11. The van der Waals surface area contributed by atoms with Crippen molar-refractivity contribution in [3.05, 3.63) is 47.7 Å². The lowest BCUT2D eigenvalue weighted by Crippen LogP contribution is -2.37. The van der Waals surface area contributed by atoms with Gasteiger partial charge in [-0.3, -0.25) is 4.79 Å². The van der Waals surface area contributed by atoms with Crippen molar-refractivity contribution in [3.8, 4) is 11.6 Å². The van der Waals surface area contributed by atoms with Crippen LogP contribution in [0.15, 0.2) is 36.5 Å². The molecule has 7 heteroatoms. The quantitative estimate of drug-likeness (QED) is 0.859. The van der Waals surface area contributed by atoms with Crippen LogP contribution in [0.2, 0.25) is 0 Å². The smallest absolute Gasteiger partial charge is 0.244 e. The molecule has 0 radical (unpaired) electrons. The maximum atomic E-state index is 11.8. The van der Waals surface area contributed by atoms with Crippen LogP contribution in [0.4, 0.5) is 5.69 Å². The van der Waals surface area contributed by atoms with Crippen molar-refractivity contribution < 1.29 is 9.53 Å². The number of carbonyl (C=O) groups is 1. The molecule has 1 aromatic carbocycles. The predicted octanol–water partition coefficient (Wildman–Crippen LogP) is 3.76. The van der Waals surface area contributed by atoms with Gasteiger partial charge in [0.2, 0.25) is 11.8 Å². The minimum atomic E-state index is -0.686. The Labute approximate surface area is 153 Å². The second-order valence-corrected chi connectivity index (χ2v) is 5.84. The van der Waals surface area contributed by atoms with Crippen LogP contribution in [0, 0.1) is 13.8 Å². The number of benzene rings is 1. The Kier molecular flexibility index (Phi) is 6.60. The number of ether oxygens (including phenoxy) is 1. The van der Waals surface area contributed by atoms with E-state index in [0.29, 0.717) is 11.6 Å². The Morgan fingerprint density at radius 2 is 1.88 bits per heavy atom. The van der Waals surface area contributed by atoms with Gasteiger partial charge in [0.05, 0.1) is 17.4 Å². The summed E-state index contributed by atoms with van der Waals surface area (Å²) >= 11 is 0.